The minimum Gasteiger partial charge on any atom is -0.121 e. The first-order chi connectivity index (χ1) is 4.43. The van der Waals surface area contributed by atoms with E-state index in [1.165, 1.54) is 0 Å². The molecule has 1 unspecified atom stereocenters. The smallest absolute Gasteiger partial charge is 0.121 e. The van der Waals surface area contributed by atoms with E-state index < -0.39 is 21.4 Å². The van der Waals surface area contributed by atoms with E-state index in [1.54, 1.807) is 0 Å². The first kappa shape index (κ1) is 11.8. The maximum Gasteiger partial charge on any atom is 0.287 e. The summed E-state index contributed by atoms with van der Waals surface area (Å²) in [5.41, 5.74) is 0. The van der Waals surface area contributed by atoms with Crippen LogP contribution in [0, 0.1) is 0 Å². The molecule has 0 amide bonds. The lowest BCUT2D eigenvalue weighted by molar-refractivity contribution is 0.364. The van der Waals surface area contributed by atoms with E-state index >= 15 is 0 Å². The molecule has 0 aromatic heterocycles. The highest BCUT2D eigenvalue weighted by Gasteiger charge is 2.63. The molecule has 0 aliphatic carbocycles. The lowest BCUT2D eigenvalue weighted by Gasteiger charge is -2.41. The zero-order chi connectivity index (χ0) is 9.40. The molecule has 0 fully saturated rings. The van der Waals surface area contributed by atoms with Gasteiger partial charge in [0.15, 0.2) is 0 Å². The summed E-state index contributed by atoms with van der Waals surface area (Å²) in [7, 11) is -9.29. The molecule has 1 atom stereocenters. The summed E-state index contributed by atoms with van der Waals surface area (Å²) >= 11 is 7.48. The Morgan fingerprint density at radius 3 is 1.64 bits per heavy atom. The van der Waals surface area contributed by atoms with E-state index in [0.29, 0.717) is 0 Å². The first-order valence-corrected chi connectivity index (χ1v) is 6.04. The van der Waals surface area contributed by atoms with Gasteiger partial charge in [-0.2, -0.15) is 0 Å². The largest absolute Gasteiger partial charge is 0.287 e. The van der Waals surface area contributed by atoms with Crippen LogP contribution in [0.4, 0.5) is 19.4 Å². The molecule has 0 aliphatic heterocycles. The van der Waals surface area contributed by atoms with Gasteiger partial charge in [0.2, 0.25) is 0 Å². The second-order valence-electron chi connectivity index (χ2n) is 2.05. The summed E-state index contributed by atoms with van der Waals surface area (Å²) in [6.45, 7) is 0. The van der Waals surface area contributed by atoms with E-state index in [-0.39, 0.29) is 5.33 Å². The minimum absolute atomic E-state index is 0.305. The topological polar surface area (TPSA) is 0 Å². The molecule has 0 aliphatic rings. The van der Waals surface area contributed by atoms with Crippen molar-refractivity contribution in [1.82, 2.24) is 0 Å². The van der Waals surface area contributed by atoms with Gasteiger partial charge in [0.1, 0.15) is 5.75 Å². The van der Waals surface area contributed by atoms with E-state index in [4.69, 9.17) is 11.6 Å². The van der Waals surface area contributed by atoms with Gasteiger partial charge >= 0.3 is 0 Å². The van der Waals surface area contributed by atoms with Crippen LogP contribution in [0.15, 0.2) is 0 Å². The van der Waals surface area contributed by atoms with Crippen molar-refractivity contribution in [3.8, 4) is 0 Å². The van der Waals surface area contributed by atoms with Crippen LogP contribution in [-0.2, 0) is 0 Å². The molecule has 0 aromatic rings. The zero-order valence-corrected chi connectivity index (χ0v) is 8.20. The van der Waals surface area contributed by atoms with Crippen molar-refractivity contribution in [2.45, 2.75) is 5.38 Å². The van der Waals surface area contributed by atoms with E-state index in [9.17, 15) is 19.4 Å². The van der Waals surface area contributed by atoms with Crippen molar-refractivity contribution in [2.24, 2.45) is 0 Å². The Balaban J connectivity index is 4.38. The third kappa shape index (κ3) is 8.68. The van der Waals surface area contributed by atoms with Gasteiger partial charge in [-0.15, -0.1) is 11.6 Å². The van der Waals surface area contributed by atoms with Gasteiger partial charge in [0.05, 0.1) is 5.38 Å². The summed E-state index contributed by atoms with van der Waals surface area (Å²) in [6, 6.07) is 0. The normalized spacial score (nSPS) is 22.1. The van der Waals surface area contributed by atoms with Crippen LogP contribution in [-0.4, -0.2) is 16.5 Å². The van der Waals surface area contributed by atoms with Crippen molar-refractivity contribution in [2.75, 3.05) is 11.1 Å². The molecule has 0 bridgehead atoms. The molecular weight excluding hydrogens is 278 g/mol. The minimum atomic E-state index is -9.29. The van der Waals surface area contributed by atoms with Gasteiger partial charge < -0.3 is 0 Å². The number of hydrogen-bond donors (Lipinski definition) is 0. The summed E-state index contributed by atoms with van der Waals surface area (Å²) in [5, 5.41) is -1.91. The molecule has 0 nitrogen and oxygen atoms in total. The monoisotopic (exact) mass is 282 g/mol. The predicted molar refractivity (Wildman–Crippen MR) is 41.4 cm³/mol. The second-order valence-corrected chi connectivity index (χ2v) is 5.90. The Kier molecular flexibility index (Phi) is 2.55. The SMILES string of the molecule is FS(F)(F)(F)(F)CC(Cl)CBr. The van der Waals surface area contributed by atoms with Crippen LogP contribution >= 0.6 is 37.8 Å². The van der Waals surface area contributed by atoms with Crippen LogP contribution in [0.3, 0.4) is 0 Å². The van der Waals surface area contributed by atoms with Crippen molar-refractivity contribution >= 4 is 37.8 Å². The number of halogens is 7. The van der Waals surface area contributed by atoms with Crippen molar-refractivity contribution in [3.05, 3.63) is 0 Å². The first-order valence-electron chi connectivity index (χ1n) is 2.36. The fraction of sp³-hybridized carbons (Fsp3) is 1.00. The number of rotatable bonds is 3. The average Bonchev–Trinajstić information content (AvgIpc) is 1.57. The summed E-state index contributed by atoms with van der Waals surface area (Å²) in [6.07, 6.45) is 0. The molecule has 72 valence electrons. The molecule has 11 heavy (non-hydrogen) atoms. The fourth-order valence-corrected chi connectivity index (χ4v) is 2.43. The third-order valence-corrected chi connectivity index (χ3v) is 3.34. The zero-order valence-electron chi connectivity index (χ0n) is 5.05. The van der Waals surface area contributed by atoms with Gasteiger partial charge in [-0.05, 0) is 0 Å². The van der Waals surface area contributed by atoms with Crippen LogP contribution in [0.5, 0.6) is 0 Å². The Morgan fingerprint density at radius 1 is 1.18 bits per heavy atom. The highest BCUT2D eigenvalue weighted by Crippen LogP contribution is 2.97. The fourth-order valence-electron chi connectivity index (χ4n) is 0.386. The second kappa shape index (κ2) is 2.38. The van der Waals surface area contributed by atoms with E-state index in [0.717, 1.165) is 0 Å². The summed E-state index contributed by atoms with van der Waals surface area (Å²) < 4.78 is 57.7. The van der Waals surface area contributed by atoms with Crippen LogP contribution < -0.4 is 0 Å². The Morgan fingerprint density at radius 2 is 1.55 bits per heavy atom. The molecule has 8 heteroatoms. The summed E-state index contributed by atoms with van der Waals surface area (Å²) in [5.74, 6) is -2.22. The lowest BCUT2D eigenvalue weighted by atomic mass is 10.6. The highest BCUT2D eigenvalue weighted by atomic mass is 79.9. The van der Waals surface area contributed by atoms with Gasteiger partial charge in [0, 0.05) is 5.33 Å². The van der Waals surface area contributed by atoms with Gasteiger partial charge in [-0.3, -0.25) is 0 Å². The van der Waals surface area contributed by atoms with Crippen LogP contribution in [0.1, 0.15) is 0 Å². The average molecular weight is 283 g/mol. The molecule has 0 rings (SSSR count). The van der Waals surface area contributed by atoms with Crippen LogP contribution in [0.25, 0.3) is 0 Å². The predicted octanol–water partition coefficient (Wildman–Crippen LogP) is 4.29. The third-order valence-electron chi connectivity index (χ3n) is 0.663. The lowest BCUT2D eigenvalue weighted by Crippen LogP contribution is -2.20. The number of alkyl halides is 2. The number of hydrogen-bond acceptors (Lipinski definition) is 0. The molecule has 0 saturated heterocycles. The quantitative estimate of drug-likeness (QED) is 0.535. The Hall–Kier alpha value is 0.770. The summed E-state index contributed by atoms with van der Waals surface area (Å²) in [4.78, 5) is 0. The molecule has 0 saturated carbocycles. The molecule has 0 spiro atoms. The molecular formula is C3H5BrClF5S. The van der Waals surface area contributed by atoms with Crippen molar-refractivity contribution in [1.29, 1.82) is 0 Å². The van der Waals surface area contributed by atoms with E-state index in [2.05, 4.69) is 15.9 Å². The van der Waals surface area contributed by atoms with Crippen LogP contribution in [0.2, 0.25) is 0 Å². The van der Waals surface area contributed by atoms with Gasteiger partial charge in [-0.25, -0.2) is 0 Å². The Labute approximate surface area is 73.9 Å². The van der Waals surface area contributed by atoms with Crippen molar-refractivity contribution in [3.63, 3.8) is 0 Å². The molecule has 0 heterocycles. The van der Waals surface area contributed by atoms with Crippen molar-refractivity contribution < 1.29 is 19.4 Å². The highest BCUT2D eigenvalue weighted by molar-refractivity contribution is 9.09. The molecule has 0 aromatic carbocycles. The maximum absolute atomic E-state index is 11.5. The Bertz CT molecular complexity index is 150. The van der Waals surface area contributed by atoms with Gasteiger partial charge in [-0.1, -0.05) is 35.4 Å². The maximum atomic E-state index is 11.5. The van der Waals surface area contributed by atoms with Gasteiger partial charge in [0.25, 0.3) is 10.2 Å². The van der Waals surface area contributed by atoms with E-state index in [1.807, 2.05) is 0 Å². The molecule has 0 N–H and O–H groups in total. The standard InChI is InChI=1S/C3H5BrClF5S/c4-1-3(5)2-11(6,7,8,9)10/h3H,1-2H2. The molecule has 0 radical (unpaired) electrons.